The molecule has 1 N–H and O–H groups in total. The number of hydrogen-bond donors (Lipinski definition) is 1. The first-order valence-electron chi connectivity index (χ1n) is 9.25. The molecule has 0 radical (unpaired) electrons. The zero-order chi connectivity index (χ0) is 20.1. The number of nitrogens with one attached hydrogen (secondary N) is 1. The molecular weight excluding hydrogens is 359 g/mol. The second-order valence-electron chi connectivity index (χ2n) is 6.77. The van der Waals surface area contributed by atoms with Crippen molar-refractivity contribution in [2.75, 3.05) is 14.2 Å². The normalized spacial score (nSPS) is 12.0. The number of carbonyl (C=O) groups is 1. The van der Waals surface area contributed by atoms with E-state index in [1.54, 1.807) is 13.2 Å². The number of carbonyl (C=O) groups excluding carboxylic acids is 1. The smallest absolute Gasteiger partial charge is 0.220 e. The van der Waals surface area contributed by atoms with Crippen molar-refractivity contribution in [1.82, 2.24) is 9.88 Å². The number of methoxy groups -OCH3 is 2. The molecule has 6 heteroatoms. The summed E-state index contributed by atoms with van der Waals surface area (Å²) in [6.45, 7) is 2.33. The van der Waals surface area contributed by atoms with E-state index in [0.717, 1.165) is 16.7 Å². The Morgan fingerprint density at radius 3 is 2.71 bits per heavy atom. The second kappa shape index (κ2) is 8.78. The van der Waals surface area contributed by atoms with Crippen LogP contribution in [0.25, 0.3) is 10.9 Å². The van der Waals surface area contributed by atoms with Crippen LogP contribution < -0.4 is 14.8 Å². The summed E-state index contributed by atoms with van der Waals surface area (Å²) in [7, 11) is 3.18. The van der Waals surface area contributed by atoms with Crippen molar-refractivity contribution in [3.63, 3.8) is 0 Å². The monoisotopic (exact) mass is 384 g/mol. The molecule has 5 nitrogen and oxygen atoms in total. The van der Waals surface area contributed by atoms with Crippen LogP contribution in [0.3, 0.4) is 0 Å². The number of fused-ring (bicyclic) bond motifs is 1. The van der Waals surface area contributed by atoms with E-state index in [9.17, 15) is 9.18 Å². The topological polar surface area (TPSA) is 52.5 Å². The lowest BCUT2D eigenvalue weighted by molar-refractivity contribution is -0.121. The number of aromatic nitrogens is 1. The molecule has 0 saturated heterocycles. The van der Waals surface area contributed by atoms with Gasteiger partial charge in [-0.25, -0.2) is 4.39 Å². The molecular formula is C22H25FN2O3. The average molecular weight is 384 g/mol. The number of ether oxygens (including phenoxy) is 2. The van der Waals surface area contributed by atoms with Gasteiger partial charge in [0.15, 0.2) is 0 Å². The van der Waals surface area contributed by atoms with Gasteiger partial charge in [-0.05, 0) is 55.8 Å². The number of hydrogen-bond acceptors (Lipinski definition) is 3. The van der Waals surface area contributed by atoms with E-state index in [4.69, 9.17) is 9.47 Å². The molecule has 3 rings (SSSR count). The Bertz CT molecular complexity index is 968. The average Bonchev–Trinajstić information content (AvgIpc) is 3.13. The van der Waals surface area contributed by atoms with Crippen LogP contribution in [0.1, 0.15) is 31.4 Å². The molecule has 1 heterocycles. The van der Waals surface area contributed by atoms with Crippen LogP contribution in [0.15, 0.2) is 48.7 Å². The Labute approximate surface area is 164 Å². The Morgan fingerprint density at radius 1 is 1.14 bits per heavy atom. The zero-order valence-electron chi connectivity index (χ0n) is 16.4. The van der Waals surface area contributed by atoms with Crippen molar-refractivity contribution < 1.29 is 18.7 Å². The van der Waals surface area contributed by atoms with E-state index in [1.165, 1.54) is 19.2 Å². The quantitative estimate of drug-likeness (QED) is 0.624. The highest BCUT2D eigenvalue weighted by Crippen LogP contribution is 2.26. The largest absolute Gasteiger partial charge is 0.497 e. The summed E-state index contributed by atoms with van der Waals surface area (Å²) in [4.78, 5) is 12.3. The minimum atomic E-state index is -0.352. The lowest BCUT2D eigenvalue weighted by Crippen LogP contribution is -2.23. The van der Waals surface area contributed by atoms with Crippen LogP contribution >= 0.6 is 0 Å². The van der Waals surface area contributed by atoms with E-state index in [2.05, 4.69) is 16.8 Å². The van der Waals surface area contributed by atoms with Gasteiger partial charge in [0.25, 0.3) is 0 Å². The molecule has 0 aliphatic heterocycles. The van der Waals surface area contributed by atoms with E-state index in [1.807, 2.05) is 30.5 Å². The Morgan fingerprint density at radius 2 is 1.96 bits per heavy atom. The molecule has 1 unspecified atom stereocenters. The molecule has 3 aromatic rings. The van der Waals surface area contributed by atoms with Crippen molar-refractivity contribution >= 4 is 16.8 Å². The molecule has 1 atom stereocenters. The van der Waals surface area contributed by atoms with Crippen LogP contribution in [-0.2, 0) is 11.3 Å². The van der Waals surface area contributed by atoms with Gasteiger partial charge in [0.2, 0.25) is 5.91 Å². The summed E-state index contributed by atoms with van der Waals surface area (Å²) in [5.41, 5.74) is 1.73. The predicted molar refractivity (Wildman–Crippen MR) is 107 cm³/mol. The van der Waals surface area contributed by atoms with Crippen molar-refractivity contribution in [2.24, 2.45) is 0 Å². The van der Waals surface area contributed by atoms with E-state index >= 15 is 0 Å². The summed E-state index contributed by atoms with van der Waals surface area (Å²) in [6.07, 6.45) is 3.11. The molecule has 1 amide bonds. The van der Waals surface area contributed by atoms with Gasteiger partial charge in [-0.3, -0.25) is 4.79 Å². The summed E-state index contributed by atoms with van der Waals surface area (Å²) < 4.78 is 26.1. The van der Waals surface area contributed by atoms with Crippen LogP contribution in [0.5, 0.6) is 11.5 Å². The minimum absolute atomic E-state index is 0.0729. The van der Waals surface area contributed by atoms with E-state index in [0.29, 0.717) is 24.2 Å². The molecule has 0 spiro atoms. The number of benzene rings is 2. The summed E-state index contributed by atoms with van der Waals surface area (Å²) in [5.74, 6) is 0.959. The number of halogens is 1. The second-order valence-corrected chi connectivity index (χ2v) is 6.77. The van der Waals surface area contributed by atoms with E-state index in [-0.39, 0.29) is 24.3 Å². The first-order chi connectivity index (χ1) is 13.5. The van der Waals surface area contributed by atoms with Gasteiger partial charge in [0.1, 0.15) is 17.3 Å². The molecule has 0 bridgehead atoms. The molecule has 0 fully saturated rings. The summed E-state index contributed by atoms with van der Waals surface area (Å²) in [5, 5.41) is 3.95. The maximum Gasteiger partial charge on any atom is 0.220 e. The maximum atomic E-state index is 13.4. The van der Waals surface area contributed by atoms with Gasteiger partial charge in [0, 0.05) is 41.7 Å². The third kappa shape index (κ3) is 4.44. The molecule has 0 saturated carbocycles. The minimum Gasteiger partial charge on any atom is -0.497 e. The van der Waals surface area contributed by atoms with Gasteiger partial charge in [-0.1, -0.05) is 0 Å². The molecule has 148 valence electrons. The third-order valence-corrected chi connectivity index (χ3v) is 4.91. The maximum absolute atomic E-state index is 13.4. The van der Waals surface area contributed by atoms with Crippen LogP contribution in [0, 0.1) is 5.82 Å². The molecule has 0 aliphatic rings. The zero-order valence-corrected chi connectivity index (χ0v) is 16.4. The Hall–Kier alpha value is -3.02. The van der Waals surface area contributed by atoms with Crippen LogP contribution in [0.4, 0.5) is 4.39 Å². The van der Waals surface area contributed by atoms with Crippen LogP contribution in [0.2, 0.25) is 0 Å². The third-order valence-electron chi connectivity index (χ3n) is 4.91. The first-order valence-corrected chi connectivity index (χ1v) is 9.25. The molecule has 28 heavy (non-hydrogen) atoms. The first kappa shape index (κ1) is 19.7. The lowest BCUT2D eigenvalue weighted by Gasteiger charge is -2.16. The molecule has 0 aliphatic carbocycles. The fourth-order valence-corrected chi connectivity index (χ4v) is 3.30. The number of amides is 1. The van der Waals surface area contributed by atoms with Gasteiger partial charge < -0.3 is 19.4 Å². The Balaban J connectivity index is 1.57. The number of rotatable bonds is 8. The summed E-state index contributed by atoms with van der Waals surface area (Å²) >= 11 is 0. The van der Waals surface area contributed by atoms with Gasteiger partial charge in [-0.2, -0.15) is 0 Å². The number of nitrogens with zero attached hydrogens (tertiary/aromatic N) is 1. The molecule has 1 aromatic heterocycles. The van der Waals surface area contributed by atoms with E-state index < -0.39 is 0 Å². The fourth-order valence-electron chi connectivity index (χ4n) is 3.30. The van der Waals surface area contributed by atoms with Gasteiger partial charge in [-0.15, -0.1) is 0 Å². The summed E-state index contributed by atoms with van der Waals surface area (Å²) in [6, 6.07) is 12.4. The van der Waals surface area contributed by atoms with Crippen molar-refractivity contribution in [3.05, 3.63) is 60.0 Å². The van der Waals surface area contributed by atoms with Gasteiger partial charge >= 0.3 is 0 Å². The SMILES string of the molecule is COc1ccc2c(ccn2C(C)CCC(=O)NCc2cc(F)ccc2OC)c1. The predicted octanol–water partition coefficient (Wildman–Crippen LogP) is 4.46. The standard InChI is InChI=1S/C22H25FN2O3/c1-15(25-11-10-16-13-19(27-2)6-7-20(16)25)4-9-22(26)24-14-17-12-18(23)5-8-21(17)28-3/h5-8,10-13,15H,4,9,14H2,1-3H3,(H,24,26). The highest BCUT2D eigenvalue weighted by molar-refractivity contribution is 5.82. The fraction of sp³-hybridized carbons (Fsp3) is 0.318. The highest BCUT2D eigenvalue weighted by Gasteiger charge is 2.12. The van der Waals surface area contributed by atoms with Crippen molar-refractivity contribution in [1.29, 1.82) is 0 Å². The Kier molecular flexibility index (Phi) is 6.19. The molecule has 2 aromatic carbocycles. The van der Waals surface area contributed by atoms with Crippen molar-refractivity contribution in [2.45, 2.75) is 32.4 Å². The lowest BCUT2D eigenvalue weighted by atomic mass is 10.1. The highest BCUT2D eigenvalue weighted by atomic mass is 19.1. The van der Waals surface area contributed by atoms with Crippen LogP contribution in [-0.4, -0.2) is 24.7 Å². The van der Waals surface area contributed by atoms with Gasteiger partial charge in [0.05, 0.1) is 14.2 Å². The van der Waals surface area contributed by atoms with Crippen molar-refractivity contribution in [3.8, 4) is 11.5 Å².